The van der Waals surface area contributed by atoms with Crippen molar-refractivity contribution >= 4 is 27.5 Å². The van der Waals surface area contributed by atoms with Gasteiger partial charge in [0.25, 0.3) is 0 Å². The Morgan fingerprint density at radius 2 is 2.35 bits per heavy atom. The molecule has 20 heavy (non-hydrogen) atoms. The lowest BCUT2D eigenvalue weighted by Gasteiger charge is -2.08. The zero-order valence-corrected chi connectivity index (χ0v) is 12.8. The fourth-order valence-electron chi connectivity index (χ4n) is 2.04. The number of carbonyl (C=O) groups excluding carboxylic acids is 1. The van der Waals surface area contributed by atoms with Gasteiger partial charge in [0, 0.05) is 30.7 Å². The maximum atomic E-state index is 11.6. The number of hydrogen-bond donors (Lipinski definition) is 1. The molecule has 2 heterocycles. The molecule has 112 valence electrons. The predicted octanol–water partition coefficient (Wildman–Crippen LogP) is 0.310. The first-order chi connectivity index (χ1) is 9.55. The van der Waals surface area contributed by atoms with Crippen LogP contribution in [0.1, 0.15) is 12.8 Å². The van der Waals surface area contributed by atoms with Gasteiger partial charge in [-0.3, -0.25) is 9.48 Å². The van der Waals surface area contributed by atoms with Crippen LogP contribution >= 0.6 is 11.8 Å². The summed E-state index contributed by atoms with van der Waals surface area (Å²) in [6.45, 7) is 1.39. The Morgan fingerprint density at radius 1 is 1.50 bits per heavy atom. The minimum atomic E-state index is -2.85. The highest BCUT2D eigenvalue weighted by Crippen LogP contribution is 2.23. The molecular weight excluding hydrogens is 298 g/mol. The number of amides is 1. The standard InChI is InChI=1S/C12H19N3O3S2/c16-12(9-19-11-3-8-20(17,18)10-11)13-4-1-6-15-7-2-5-14-15/h2,5,7,11H,1,3-4,6,8-10H2,(H,13,16). The molecule has 0 aliphatic carbocycles. The fourth-order valence-corrected chi connectivity index (χ4v) is 5.51. The lowest BCUT2D eigenvalue weighted by molar-refractivity contribution is -0.118. The first-order valence-corrected chi connectivity index (χ1v) is 9.48. The van der Waals surface area contributed by atoms with Crippen LogP contribution in [0, 0.1) is 0 Å². The third-order valence-corrected chi connectivity index (χ3v) is 6.37. The van der Waals surface area contributed by atoms with Crippen LogP contribution in [0.25, 0.3) is 0 Å². The summed E-state index contributed by atoms with van der Waals surface area (Å²) in [4.78, 5) is 11.6. The van der Waals surface area contributed by atoms with Crippen LogP contribution in [-0.2, 0) is 21.2 Å². The molecule has 1 fully saturated rings. The number of aromatic nitrogens is 2. The van der Waals surface area contributed by atoms with Crippen molar-refractivity contribution in [1.29, 1.82) is 0 Å². The molecule has 1 saturated heterocycles. The van der Waals surface area contributed by atoms with Gasteiger partial charge in [-0.2, -0.15) is 5.10 Å². The molecule has 0 spiro atoms. The van der Waals surface area contributed by atoms with E-state index in [9.17, 15) is 13.2 Å². The summed E-state index contributed by atoms with van der Waals surface area (Å²) in [5.41, 5.74) is 0. The highest BCUT2D eigenvalue weighted by atomic mass is 32.2. The molecule has 1 N–H and O–H groups in total. The number of nitrogens with one attached hydrogen (secondary N) is 1. The van der Waals surface area contributed by atoms with Gasteiger partial charge < -0.3 is 5.32 Å². The summed E-state index contributed by atoms with van der Waals surface area (Å²) in [5, 5.41) is 7.00. The SMILES string of the molecule is O=C(CSC1CCS(=O)(=O)C1)NCCCn1cccn1. The molecule has 0 bridgehead atoms. The minimum Gasteiger partial charge on any atom is -0.355 e. The Balaban J connectivity index is 1.54. The van der Waals surface area contributed by atoms with E-state index in [1.165, 1.54) is 11.8 Å². The van der Waals surface area contributed by atoms with E-state index in [1.54, 1.807) is 6.20 Å². The maximum Gasteiger partial charge on any atom is 0.230 e. The molecule has 2 rings (SSSR count). The van der Waals surface area contributed by atoms with Gasteiger partial charge in [-0.1, -0.05) is 0 Å². The Hall–Kier alpha value is -1.02. The van der Waals surface area contributed by atoms with Gasteiger partial charge in [-0.05, 0) is 18.9 Å². The van der Waals surface area contributed by atoms with Crippen molar-refractivity contribution in [2.75, 3.05) is 23.8 Å². The normalized spacial score (nSPS) is 20.9. The molecule has 0 radical (unpaired) electrons. The van der Waals surface area contributed by atoms with Crippen LogP contribution in [0.3, 0.4) is 0 Å². The summed E-state index contributed by atoms with van der Waals surface area (Å²) < 4.78 is 24.4. The highest BCUT2D eigenvalue weighted by Gasteiger charge is 2.28. The van der Waals surface area contributed by atoms with Crippen molar-refractivity contribution in [3.63, 3.8) is 0 Å². The largest absolute Gasteiger partial charge is 0.355 e. The molecule has 8 heteroatoms. The molecule has 1 aromatic rings. The molecular formula is C12H19N3O3S2. The van der Waals surface area contributed by atoms with Gasteiger partial charge in [0.15, 0.2) is 9.84 Å². The second kappa shape index (κ2) is 7.12. The Bertz CT molecular complexity index is 528. The molecule has 1 amide bonds. The number of sulfone groups is 1. The van der Waals surface area contributed by atoms with E-state index in [2.05, 4.69) is 10.4 Å². The number of nitrogens with zero attached hydrogens (tertiary/aromatic N) is 2. The highest BCUT2D eigenvalue weighted by molar-refractivity contribution is 8.02. The molecule has 1 atom stereocenters. The lowest BCUT2D eigenvalue weighted by atomic mass is 10.4. The third kappa shape index (κ3) is 5.16. The van der Waals surface area contributed by atoms with Crippen LogP contribution in [0.15, 0.2) is 18.5 Å². The van der Waals surface area contributed by atoms with Crippen molar-refractivity contribution in [1.82, 2.24) is 15.1 Å². The molecule has 0 aromatic carbocycles. The Morgan fingerprint density at radius 3 is 3.00 bits per heavy atom. The zero-order valence-electron chi connectivity index (χ0n) is 11.2. The predicted molar refractivity (Wildman–Crippen MR) is 79.4 cm³/mol. The van der Waals surface area contributed by atoms with Gasteiger partial charge >= 0.3 is 0 Å². The van der Waals surface area contributed by atoms with Crippen LogP contribution in [0.5, 0.6) is 0 Å². The van der Waals surface area contributed by atoms with Gasteiger partial charge in [0.2, 0.25) is 5.91 Å². The number of thioether (sulfide) groups is 1. The van der Waals surface area contributed by atoms with Crippen molar-refractivity contribution in [2.45, 2.75) is 24.6 Å². The Kier molecular flexibility index (Phi) is 5.47. The van der Waals surface area contributed by atoms with Crippen molar-refractivity contribution in [3.05, 3.63) is 18.5 Å². The van der Waals surface area contributed by atoms with E-state index in [-0.39, 0.29) is 22.7 Å². The van der Waals surface area contributed by atoms with Gasteiger partial charge in [-0.15, -0.1) is 11.8 Å². The van der Waals surface area contributed by atoms with E-state index in [1.807, 2.05) is 16.9 Å². The molecule has 1 aliphatic rings. The second-order valence-corrected chi connectivity index (χ2v) is 8.33. The number of rotatable bonds is 7. The van der Waals surface area contributed by atoms with E-state index >= 15 is 0 Å². The summed E-state index contributed by atoms with van der Waals surface area (Å²) >= 11 is 1.44. The molecule has 1 unspecified atom stereocenters. The lowest BCUT2D eigenvalue weighted by Crippen LogP contribution is -2.27. The van der Waals surface area contributed by atoms with Gasteiger partial charge in [0.1, 0.15) is 0 Å². The second-order valence-electron chi connectivity index (χ2n) is 4.81. The van der Waals surface area contributed by atoms with Gasteiger partial charge in [0.05, 0.1) is 17.3 Å². The average Bonchev–Trinajstić information content (AvgIpc) is 3.01. The van der Waals surface area contributed by atoms with Crippen molar-refractivity contribution < 1.29 is 13.2 Å². The van der Waals surface area contributed by atoms with Crippen LogP contribution in [-0.4, -0.2) is 53.2 Å². The quantitative estimate of drug-likeness (QED) is 0.732. The zero-order chi connectivity index (χ0) is 14.4. The molecule has 0 saturated carbocycles. The van der Waals surface area contributed by atoms with Crippen molar-refractivity contribution in [3.8, 4) is 0 Å². The fraction of sp³-hybridized carbons (Fsp3) is 0.667. The number of carbonyl (C=O) groups is 1. The first kappa shape index (κ1) is 15.4. The smallest absolute Gasteiger partial charge is 0.230 e. The molecule has 1 aromatic heterocycles. The van der Waals surface area contributed by atoms with E-state index < -0.39 is 9.84 Å². The van der Waals surface area contributed by atoms with E-state index in [0.29, 0.717) is 18.7 Å². The van der Waals surface area contributed by atoms with Crippen LogP contribution < -0.4 is 5.32 Å². The van der Waals surface area contributed by atoms with Crippen LogP contribution in [0.4, 0.5) is 0 Å². The monoisotopic (exact) mass is 317 g/mol. The van der Waals surface area contributed by atoms with Gasteiger partial charge in [-0.25, -0.2) is 8.42 Å². The van der Waals surface area contributed by atoms with Crippen LogP contribution in [0.2, 0.25) is 0 Å². The average molecular weight is 317 g/mol. The topological polar surface area (TPSA) is 81.1 Å². The summed E-state index contributed by atoms with van der Waals surface area (Å²) in [7, 11) is -2.85. The first-order valence-electron chi connectivity index (χ1n) is 6.61. The van der Waals surface area contributed by atoms with Crippen molar-refractivity contribution in [2.24, 2.45) is 0 Å². The summed E-state index contributed by atoms with van der Waals surface area (Å²) in [5.74, 6) is 0.780. The third-order valence-electron chi connectivity index (χ3n) is 3.09. The number of hydrogen-bond acceptors (Lipinski definition) is 5. The van der Waals surface area contributed by atoms with E-state index in [0.717, 1.165) is 13.0 Å². The Labute approximate surface area is 123 Å². The maximum absolute atomic E-state index is 11.6. The molecule has 1 aliphatic heterocycles. The molecule has 6 nitrogen and oxygen atoms in total. The minimum absolute atomic E-state index is 0.0280. The summed E-state index contributed by atoms with van der Waals surface area (Å²) in [6.07, 6.45) is 5.11. The summed E-state index contributed by atoms with van der Waals surface area (Å²) in [6, 6.07) is 1.87. The van der Waals surface area contributed by atoms with E-state index in [4.69, 9.17) is 0 Å². The number of aryl methyl sites for hydroxylation is 1.